The lowest BCUT2D eigenvalue weighted by Gasteiger charge is -2.35. The molecule has 1 fully saturated rings. The van der Waals surface area contributed by atoms with E-state index in [1.807, 2.05) is 0 Å². The number of hydrogen-bond acceptors (Lipinski definition) is 3. The molecule has 1 aliphatic heterocycles. The van der Waals surface area contributed by atoms with Crippen molar-refractivity contribution in [3.63, 3.8) is 0 Å². The van der Waals surface area contributed by atoms with Gasteiger partial charge in [-0.2, -0.15) is 0 Å². The van der Waals surface area contributed by atoms with Crippen LogP contribution in [0.25, 0.3) is 0 Å². The minimum atomic E-state index is 0.311. The lowest BCUT2D eigenvalue weighted by atomic mass is 9.98. The predicted molar refractivity (Wildman–Crippen MR) is 72.5 cm³/mol. The molecule has 1 aliphatic rings. The lowest BCUT2D eigenvalue weighted by molar-refractivity contribution is 0.115. The summed E-state index contributed by atoms with van der Waals surface area (Å²) in [5, 5.41) is 8.97. The molecule has 1 atom stereocenters. The van der Waals surface area contributed by atoms with Gasteiger partial charge >= 0.3 is 0 Å². The highest BCUT2D eigenvalue weighted by molar-refractivity contribution is 5.07. The maximum absolute atomic E-state index is 8.97. The molecule has 3 heteroatoms. The fourth-order valence-electron chi connectivity index (χ4n) is 2.82. The molecule has 0 bridgehead atoms. The molecule has 1 unspecified atom stereocenters. The molecule has 0 aromatic carbocycles. The molecular weight excluding hydrogens is 226 g/mol. The van der Waals surface area contributed by atoms with E-state index < -0.39 is 0 Å². The summed E-state index contributed by atoms with van der Waals surface area (Å²) in [6.07, 6.45) is 6.87. The average Bonchev–Trinajstić information content (AvgIpc) is 2.85. The van der Waals surface area contributed by atoms with Gasteiger partial charge in [0, 0.05) is 19.1 Å². The molecule has 1 aromatic rings. The Kier molecular flexibility index (Phi) is 5.26. The zero-order chi connectivity index (χ0) is 12.8. The van der Waals surface area contributed by atoms with Crippen molar-refractivity contribution in [3.05, 3.63) is 23.7 Å². The maximum Gasteiger partial charge on any atom is 0.118 e. The van der Waals surface area contributed by atoms with E-state index in [0.717, 1.165) is 43.9 Å². The normalized spacial score (nSPS) is 21.3. The molecule has 1 N–H and O–H groups in total. The number of hydrogen-bond donors (Lipinski definition) is 1. The fraction of sp³-hybridized carbons (Fsp3) is 0.733. The first-order valence-corrected chi connectivity index (χ1v) is 7.26. The number of aliphatic hydroxyl groups is 1. The summed E-state index contributed by atoms with van der Waals surface area (Å²) < 4.78 is 5.80. The van der Waals surface area contributed by atoms with E-state index >= 15 is 0 Å². The Morgan fingerprint density at radius 2 is 2.17 bits per heavy atom. The summed E-state index contributed by atoms with van der Waals surface area (Å²) in [6, 6.07) is 4.82. The van der Waals surface area contributed by atoms with Crippen LogP contribution in [0.4, 0.5) is 0 Å². The van der Waals surface area contributed by atoms with E-state index in [9.17, 15) is 0 Å². The highest BCUT2D eigenvalue weighted by Gasteiger charge is 2.22. The summed E-state index contributed by atoms with van der Waals surface area (Å²) >= 11 is 0. The van der Waals surface area contributed by atoms with Crippen molar-refractivity contribution in [2.45, 2.75) is 58.0 Å². The van der Waals surface area contributed by atoms with Crippen LogP contribution in [-0.4, -0.2) is 29.2 Å². The standard InChI is InChI=1S/C15H25NO2/c1-2-14-8-9-15(18-14)12-16-10-4-3-6-13(16)7-5-11-17/h8-9,13,17H,2-7,10-12H2,1H3. The molecule has 0 radical (unpaired) electrons. The van der Waals surface area contributed by atoms with Crippen LogP contribution < -0.4 is 0 Å². The third-order valence-electron chi connectivity index (χ3n) is 3.87. The van der Waals surface area contributed by atoms with E-state index in [1.54, 1.807) is 0 Å². The van der Waals surface area contributed by atoms with Gasteiger partial charge in [0.1, 0.15) is 11.5 Å². The van der Waals surface area contributed by atoms with Gasteiger partial charge in [0.2, 0.25) is 0 Å². The Hall–Kier alpha value is -0.800. The zero-order valence-electron chi connectivity index (χ0n) is 11.4. The van der Waals surface area contributed by atoms with Gasteiger partial charge in [-0.1, -0.05) is 13.3 Å². The van der Waals surface area contributed by atoms with Crippen LogP contribution in [0.2, 0.25) is 0 Å². The van der Waals surface area contributed by atoms with Crippen LogP contribution in [0.5, 0.6) is 0 Å². The molecular formula is C15H25NO2. The van der Waals surface area contributed by atoms with Crippen LogP contribution in [0.15, 0.2) is 16.5 Å². The largest absolute Gasteiger partial charge is 0.465 e. The molecule has 0 aliphatic carbocycles. The summed E-state index contributed by atoms with van der Waals surface area (Å²) in [7, 11) is 0. The predicted octanol–water partition coefficient (Wildman–Crippen LogP) is 2.97. The fourth-order valence-corrected chi connectivity index (χ4v) is 2.82. The summed E-state index contributed by atoms with van der Waals surface area (Å²) in [4.78, 5) is 2.53. The number of nitrogens with zero attached hydrogens (tertiary/aromatic N) is 1. The van der Waals surface area contributed by atoms with Crippen LogP contribution in [0, 0.1) is 0 Å². The first-order chi connectivity index (χ1) is 8.83. The quantitative estimate of drug-likeness (QED) is 0.844. The Morgan fingerprint density at radius 3 is 2.89 bits per heavy atom. The maximum atomic E-state index is 8.97. The highest BCUT2D eigenvalue weighted by Crippen LogP contribution is 2.23. The first-order valence-electron chi connectivity index (χ1n) is 7.26. The van der Waals surface area contributed by atoms with Crippen LogP contribution in [0.3, 0.4) is 0 Å². The summed E-state index contributed by atoms with van der Waals surface area (Å²) in [5.74, 6) is 2.16. The molecule has 0 saturated carbocycles. The summed E-state index contributed by atoms with van der Waals surface area (Å²) in [5.41, 5.74) is 0. The lowest BCUT2D eigenvalue weighted by Crippen LogP contribution is -2.38. The van der Waals surface area contributed by atoms with Crippen LogP contribution in [0.1, 0.15) is 50.5 Å². The van der Waals surface area contributed by atoms with Gasteiger partial charge in [0.25, 0.3) is 0 Å². The summed E-state index contributed by atoms with van der Waals surface area (Å²) in [6.45, 7) is 4.52. The zero-order valence-corrected chi connectivity index (χ0v) is 11.4. The molecule has 102 valence electrons. The van der Waals surface area contributed by atoms with Gasteiger partial charge < -0.3 is 9.52 Å². The number of rotatable bonds is 6. The minimum absolute atomic E-state index is 0.311. The van der Waals surface area contributed by atoms with Gasteiger partial charge in [-0.05, 0) is 44.4 Å². The monoisotopic (exact) mass is 251 g/mol. The highest BCUT2D eigenvalue weighted by atomic mass is 16.3. The molecule has 0 amide bonds. The Labute approximate surface area is 110 Å². The van der Waals surface area contributed by atoms with Crippen molar-refractivity contribution in [3.8, 4) is 0 Å². The molecule has 18 heavy (non-hydrogen) atoms. The Morgan fingerprint density at radius 1 is 1.33 bits per heavy atom. The van der Waals surface area contributed by atoms with Crippen molar-refractivity contribution in [2.24, 2.45) is 0 Å². The molecule has 2 heterocycles. The minimum Gasteiger partial charge on any atom is -0.465 e. The Balaban J connectivity index is 1.91. The van der Waals surface area contributed by atoms with Gasteiger partial charge in [-0.25, -0.2) is 0 Å². The molecule has 0 spiro atoms. The van der Waals surface area contributed by atoms with Crippen molar-refractivity contribution < 1.29 is 9.52 Å². The van der Waals surface area contributed by atoms with Crippen molar-refractivity contribution in [1.29, 1.82) is 0 Å². The number of piperidine rings is 1. The number of aliphatic hydroxyl groups excluding tert-OH is 1. The molecule has 2 rings (SSSR count). The number of furan rings is 1. The second-order valence-corrected chi connectivity index (χ2v) is 5.21. The van der Waals surface area contributed by atoms with Crippen LogP contribution in [-0.2, 0) is 13.0 Å². The molecule has 3 nitrogen and oxygen atoms in total. The SMILES string of the molecule is CCc1ccc(CN2CCCCC2CCCO)o1. The number of likely N-dealkylation sites (tertiary alicyclic amines) is 1. The van der Waals surface area contributed by atoms with E-state index in [4.69, 9.17) is 9.52 Å². The van der Waals surface area contributed by atoms with E-state index in [2.05, 4.69) is 24.0 Å². The van der Waals surface area contributed by atoms with Gasteiger partial charge in [0.05, 0.1) is 6.54 Å². The second-order valence-electron chi connectivity index (χ2n) is 5.21. The topological polar surface area (TPSA) is 36.6 Å². The van der Waals surface area contributed by atoms with Gasteiger partial charge in [-0.3, -0.25) is 4.90 Å². The van der Waals surface area contributed by atoms with Crippen molar-refractivity contribution in [2.75, 3.05) is 13.2 Å². The molecule has 1 saturated heterocycles. The third kappa shape index (κ3) is 3.59. The second kappa shape index (κ2) is 6.95. The Bertz CT molecular complexity index is 348. The van der Waals surface area contributed by atoms with E-state index in [-0.39, 0.29) is 0 Å². The van der Waals surface area contributed by atoms with E-state index in [1.165, 1.54) is 19.3 Å². The average molecular weight is 251 g/mol. The van der Waals surface area contributed by atoms with Crippen molar-refractivity contribution >= 4 is 0 Å². The van der Waals surface area contributed by atoms with Crippen molar-refractivity contribution in [1.82, 2.24) is 4.90 Å². The molecule has 1 aromatic heterocycles. The third-order valence-corrected chi connectivity index (χ3v) is 3.87. The van der Waals surface area contributed by atoms with Gasteiger partial charge in [0.15, 0.2) is 0 Å². The smallest absolute Gasteiger partial charge is 0.118 e. The van der Waals surface area contributed by atoms with Gasteiger partial charge in [-0.15, -0.1) is 0 Å². The van der Waals surface area contributed by atoms with Crippen LogP contribution >= 0.6 is 0 Å². The van der Waals surface area contributed by atoms with E-state index in [0.29, 0.717) is 12.6 Å². The number of aryl methyl sites for hydroxylation is 1. The first kappa shape index (κ1) is 13.6.